The van der Waals surface area contributed by atoms with E-state index in [-0.39, 0.29) is 17.9 Å². The number of amides is 1. The third-order valence-electron chi connectivity index (χ3n) is 3.97. The first-order valence-corrected chi connectivity index (χ1v) is 7.17. The number of rotatable bonds is 7. The van der Waals surface area contributed by atoms with Crippen LogP contribution in [0.4, 0.5) is 0 Å². The molecule has 0 spiro atoms. The minimum absolute atomic E-state index is 0.0489. The van der Waals surface area contributed by atoms with Crippen LogP contribution < -0.4 is 5.32 Å². The van der Waals surface area contributed by atoms with Crippen molar-refractivity contribution in [3.05, 3.63) is 18.0 Å². The van der Waals surface area contributed by atoms with E-state index in [0.717, 1.165) is 31.2 Å². The van der Waals surface area contributed by atoms with Crippen molar-refractivity contribution >= 4 is 5.91 Å². The van der Waals surface area contributed by atoms with Crippen LogP contribution in [0, 0.1) is 5.41 Å². The Bertz CT molecular complexity index is 400. The lowest BCUT2D eigenvalue weighted by Crippen LogP contribution is -2.43. The summed E-state index contributed by atoms with van der Waals surface area (Å²) in [7, 11) is 0. The molecule has 1 saturated heterocycles. The Labute approximate surface area is 118 Å². The quantitative estimate of drug-likeness (QED) is 0.684. The number of hydrogen-bond donors (Lipinski definition) is 3. The molecule has 1 aliphatic heterocycles. The standard InChI is InChI=1S/C14H23N3O3/c18-11-14(4-6-20-7-5-14)10-15-13(19)3-1-2-12-8-16-17-9-12/h8-9,18H,1-7,10-11H2,(H,15,19)(H,16,17). The summed E-state index contributed by atoms with van der Waals surface area (Å²) in [4.78, 5) is 11.8. The van der Waals surface area contributed by atoms with Gasteiger partial charge in [0, 0.05) is 37.8 Å². The second kappa shape index (κ2) is 7.40. The third kappa shape index (κ3) is 4.31. The molecule has 1 fully saturated rings. The van der Waals surface area contributed by atoms with Crippen molar-refractivity contribution in [1.82, 2.24) is 15.5 Å². The Hall–Kier alpha value is -1.40. The van der Waals surface area contributed by atoms with E-state index in [0.29, 0.717) is 26.2 Å². The highest BCUT2D eigenvalue weighted by molar-refractivity contribution is 5.75. The van der Waals surface area contributed by atoms with Gasteiger partial charge >= 0.3 is 0 Å². The van der Waals surface area contributed by atoms with E-state index in [1.165, 1.54) is 0 Å². The average molecular weight is 281 g/mol. The molecule has 20 heavy (non-hydrogen) atoms. The van der Waals surface area contributed by atoms with E-state index in [9.17, 15) is 9.90 Å². The van der Waals surface area contributed by atoms with Crippen LogP contribution in [0.5, 0.6) is 0 Å². The average Bonchev–Trinajstić information content (AvgIpc) is 2.99. The molecule has 6 nitrogen and oxygen atoms in total. The number of aromatic nitrogens is 2. The van der Waals surface area contributed by atoms with Crippen LogP contribution in [0.25, 0.3) is 0 Å². The fraction of sp³-hybridized carbons (Fsp3) is 0.714. The molecule has 1 amide bonds. The summed E-state index contributed by atoms with van der Waals surface area (Å²) in [6, 6.07) is 0. The lowest BCUT2D eigenvalue weighted by atomic mass is 9.81. The first kappa shape index (κ1) is 15.0. The molecule has 112 valence electrons. The van der Waals surface area contributed by atoms with E-state index in [1.54, 1.807) is 6.20 Å². The van der Waals surface area contributed by atoms with Crippen molar-refractivity contribution < 1.29 is 14.6 Å². The maximum absolute atomic E-state index is 11.8. The molecule has 2 heterocycles. The van der Waals surface area contributed by atoms with Crippen molar-refractivity contribution in [2.75, 3.05) is 26.4 Å². The SMILES string of the molecule is O=C(CCCc1cn[nH]c1)NCC1(CO)CCOCC1. The van der Waals surface area contributed by atoms with Gasteiger partial charge < -0.3 is 15.2 Å². The summed E-state index contributed by atoms with van der Waals surface area (Å²) < 4.78 is 5.31. The van der Waals surface area contributed by atoms with Crippen molar-refractivity contribution in [3.63, 3.8) is 0 Å². The number of ether oxygens (including phenoxy) is 1. The number of aryl methyl sites for hydroxylation is 1. The molecule has 2 rings (SSSR count). The summed E-state index contributed by atoms with van der Waals surface area (Å²) >= 11 is 0. The molecule has 0 atom stereocenters. The molecular weight excluding hydrogens is 258 g/mol. The number of aromatic amines is 1. The van der Waals surface area contributed by atoms with E-state index in [4.69, 9.17) is 4.74 Å². The van der Waals surface area contributed by atoms with Crippen molar-refractivity contribution in [3.8, 4) is 0 Å². The summed E-state index contributed by atoms with van der Waals surface area (Å²) in [5.74, 6) is 0.0489. The smallest absolute Gasteiger partial charge is 0.220 e. The Morgan fingerprint density at radius 1 is 1.50 bits per heavy atom. The van der Waals surface area contributed by atoms with E-state index < -0.39 is 0 Å². The molecule has 0 radical (unpaired) electrons. The highest BCUT2D eigenvalue weighted by atomic mass is 16.5. The van der Waals surface area contributed by atoms with E-state index >= 15 is 0 Å². The van der Waals surface area contributed by atoms with Gasteiger partial charge in [0.25, 0.3) is 0 Å². The Kier molecular flexibility index (Phi) is 5.55. The zero-order chi connectivity index (χ0) is 14.3. The van der Waals surface area contributed by atoms with Gasteiger partial charge in [0.2, 0.25) is 5.91 Å². The molecule has 1 aromatic rings. The maximum atomic E-state index is 11.8. The first-order chi connectivity index (χ1) is 9.74. The molecule has 1 aromatic heterocycles. The number of hydrogen-bond acceptors (Lipinski definition) is 4. The number of carbonyl (C=O) groups is 1. The monoisotopic (exact) mass is 281 g/mol. The van der Waals surface area contributed by atoms with Crippen LogP contribution in [-0.4, -0.2) is 47.6 Å². The summed E-state index contributed by atoms with van der Waals surface area (Å²) in [6.07, 6.45) is 7.39. The highest BCUT2D eigenvalue weighted by Crippen LogP contribution is 2.28. The minimum Gasteiger partial charge on any atom is -0.396 e. The molecule has 0 aliphatic carbocycles. The van der Waals surface area contributed by atoms with E-state index in [1.807, 2.05) is 6.20 Å². The van der Waals surface area contributed by atoms with Crippen LogP contribution in [0.2, 0.25) is 0 Å². The predicted molar refractivity (Wildman–Crippen MR) is 74.1 cm³/mol. The number of carbonyl (C=O) groups excluding carboxylic acids is 1. The fourth-order valence-electron chi connectivity index (χ4n) is 2.44. The van der Waals surface area contributed by atoms with Gasteiger partial charge in [-0.1, -0.05) is 0 Å². The predicted octanol–water partition coefficient (Wildman–Crippen LogP) is 0.638. The molecule has 6 heteroatoms. The van der Waals surface area contributed by atoms with Crippen molar-refractivity contribution in [1.29, 1.82) is 0 Å². The zero-order valence-corrected chi connectivity index (χ0v) is 11.7. The molecule has 0 aromatic carbocycles. The van der Waals surface area contributed by atoms with Crippen LogP contribution in [0.15, 0.2) is 12.4 Å². The van der Waals surface area contributed by atoms with Gasteiger partial charge in [0.15, 0.2) is 0 Å². The summed E-state index contributed by atoms with van der Waals surface area (Å²) in [5, 5.41) is 19.1. The van der Waals surface area contributed by atoms with Gasteiger partial charge in [-0.3, -0.25) is 9.89 Å². The van der Waals surface area contributed by atoms with Crippen LogP contribution in [0.1, 0.15) is 31.2 Å². The van der Waals surface area contributed by atoms with Gasteiger partial charge in [-0.05, 0) is 31.2 Å². The Balaban J connectivity index is 1.66. The maximum Gasteiger partial charge on any atom is 0.220 e. The lowest BCUT2D eigenvalue weighted by molar-refractivity contribution is -0.122. The summed E-state index contributed by atoms with van der Waals surface area (Å²) in [5.41, 5.74) is 0.924. The molecule has 3 N–H and O–H groups in total. The van der Waals surface area contributed by atoms with Gasteiger partial charge in [0.05, 0.1) is 12.8 Å². The molecule has 0 unspecified atom stereocenters. The zero-order valence-electron chi connectivity index (χ0n) is 11.7. The van der Waals surface area contributed by atoms with Gasteiger partial charge in [-0.15, -0.1) is 0 Å². The number of aliphatic hydroxyl groups is 1. The molecule has 1 aliphatic rings. The largest absolute Gasteiger partial charge is 0.396 e. The molecule has 0 bridgehead atoms. The fourth-order valence-corrected chi connectivity index (χ4v) is 2.44. The van der Waals surface area contributed by atoms with Crippen LogP contribution in [0.3, 0.4) is 0 Å². The minimum atomic E-state index is -0.196. The van der Waals surface area contributed by atoms with Gasteiger partial charge in [0.1, 0.15) is 0 Å². The molecule has 0 saturated carbocycles. The highest BCUT2D eigenvalue weighted by Gasteiger charge is 2.32. The Morgan fingerprint density at radius 3 is 2.95 bits per heavy atom. The molecular formula is C14H23N3O3. The number of aliphatic hydroxyl groups excluding tert-OH is 1. The topological polar surface area (TPSA) is 87.2 Å². The van der Waals surface area contributed by atoms with Crippen molar-refractivity contribution in [2.45, 2.75) is 32.1 Å². The second-order valence-corrected chi connectivity index (χ2v) is 5.51. The van der Waals surface area contributed by atoms with Crippen molar-refractivity contribution in [2.24, 2.45) is 5.41 Å². The normalized spacial score (nSPS) is 17.9. The van der Waals surface area contributed by atoms with E-state index in [2.05, 4.69) is 15.5 Å². The first-order valence-electron chi connectivity index (χ1n) is 7.17. The third-order valence-corrected chi connectivity index (χ3v) is 3.97. The number of nitrogens with zero attached hydrogens (tertiary/aromatic N) is 1. The summed E-state index contributed by atoms with van der Waals surface area (Å²) in [6.45, 7) is 1.97. The van der Waals surface area contributed by atoms with Gasteiger partial charge in [-0.2, -0.15) is 5.10 Å². The van der Waals surface area contributed by atoms with Crippen LogP contribution >= 0.6 is 0 Å². The Morgan fingerprint density at radius 2 is 2.30 bits per heavy atom. The van der Waals surface area contributed by atoms with Gasteiger partial charge in [-0.25, -0.2) is 0 Å². The number of H-pyrrole nitrogens is 1. The lowest BCUT2D eigenvalue weighted by Gasteiger charge is -2.35. The number of nitrogens with one attached hydrogen (secondary N) is 2. The van der Waals surface area contributed by atoms with Crippen LogP contribution in [-0.2, 0) is 16.0 Å². The second-order valence-electron chi connectivity index (χ2n) is 5.51.